The molecule has 1 aromatic carbocycles. The van der Waals surface area contributed by atoms with Gasteiger partial charge in [0.25, 0.3) is 0 Å². The molecule has 3 atom stereocenters. The lowest BCUT2D eigenvalue weighted by molar-refractivity contribution is -0.00306. The minimum atomic E-state index is -0.367. The average Bonchev–Trinajstić information content (AvgIpc) is 3.18. The Balaban J connectivity index is 1.42. The van der Waals surface area contributed by atoms with Crippen LogP contribution in [0.15, 0.2) is 40.8 Å². The Morgan fingerprint density at radius 2 is 1.76 bits per heavy atom. The number of esters is 1. The molecule has 2 aliphatic rings. The Bertz CT molecular complexity index is 737. The molecule has 0 radical (unpaired) electrons. The molecule has 5 heteroatoms. The van der Waals surface area contributed by atoms with Crippen molar-refractivity contribution in [2.75, 3.05) is 14.2 Å². The van der Waals surface area contributed by atoms with Crippen LogP contribution in [0.2, 0.25) is 0 Å². The van der Waals surface area contributed by atoms with Gasteiger partial charge < -0.3 is 18.8 Å². The van der Waals surface area contributed by atoms with Crippen LogP contribution in [0, 0.1) is 0 Å². The van der Waals surface area contributed by atoms with Crippen molar-refractivity contribution in [1.82, 2.24) is 4.90 Å². The molecule has 1 unspecified atom stereocenters. The molecule has 0 N–H and O–H groups in total. The van der Waals surface area contributed by atoms with E-state index in [-0.39, 0.29) is 17.8 Å². The van der Waals surface area contributed by atoms with Crippen LogP contribution in [0.3, 0.4) is 0 Å². The third-order valence-electron chi connectivity index (χ3n) is 5.51. The third-order valence-corrected chi connectivity index (χ3v) is 5.51. The fraction of sp³-hybridized carbons (Fsp3) is 0.450. The predicted molar refractivity (Wildman–Crippen MR) is 93.7 cm³/mol. The maximum absolute atomic E-state index is 12.4. The van der Waals surface area contributed by atoms with Crippen molar-refractivity contribution < 1.29 is 18.7 Å². The first-order valence-corrected chi connectivity index (χ1v) is 8.81. The van der Waals surface area contributed by atoms with Gasteiger partial charge in [0.15, 0.2) is 0 Å². The van der Waals surface area contributed by atoms with Crippen LogP contribution in [-0.2, 0) is 4.74 Å². The SMILES string of the molecule is COc1ccc(-c2ccc(C(=O)OC3C[C@H]4CC[C@@H](C3)N4C)o2)cc1. The molecule has 1 aromatic heterocycles. The summed E-state index contributed by atoms with van der Waals surface area (Å²) in [6.07, 6.45) is 4.25. The number of hydrogen-bond donors (Lipinski definition) is 0. The molecule has 2 saturated heterocycles. The molecule has 3 heterocycles. The lowest BCUT2D eigenvalue weighted by Crippen LogP contribution is -2.43. The maximum atomic E-state index is 12.4. The molecule has 4 rings (SSSR count). The molecular weight excluding hydrogens is 318 g/mol. The van der Waals surface area contributed by atoms with Crippen LogP contribution >= 0.6 is 0 Å². The number of carbonyl (C=O) groups excluding carboxylic acids is 1. The number of benzene rings is 1. The fourth-order valence-corrected chi connectivity index (χ4v) is 4.03. The first kappa shape index (κ1) is 16.2. The second-order valence-electron chi connectivity index (χ2n) is 6.94. The lowest BCUT2D eigenvalue weighted by atomic mass is 10.0. The molecule has 2 fully saturated rings. The maximum Gasteiger partial charge on any atom is 0.374 e. The van der Waals surface area contributed by atoms with Crippen LogP contribution < -0.4 is 4.74 Å². The van der Waals surface area contributed by atoms with Gasteiger partial charge in [-0.1, -0.05) is 0 Å². The second kappa shape index (κ2) is 6.56. The van der Waals surface area contributed by atoms with E-state index >= 15 is 0 Å². The van der Waals surface area contributed by atoms with Gasteiger partial charge in [-0.2, -0.15) is 0 Å². The van der Waals surface area contributed by atoms with Gasteiger partial charge in [-0.05, 0) is 56.3 Å². The van der Waals surface area contributed by atoms with Crippen molar-refractivity contribution in [1.29, 1.82) is 0 Å². The zero-order chi connectivity index (χ0) is 17.4. The number of rotatable bonds is 4. The third kappa shape index (κ3) is 3.16. The molecule has 5 nitrogen and oxygen atoms in total. The molecule has 0 aliphatic carbocycles. The summed E-state index contributed by atoms with van der Waals surface area (Å²) in [6.45, 7) is 0. The molecule has 0 spiro atoms. The number of fused-ring (bicyclic) bond motifs is 2. The standard InChI is InChI=1S/C20H23NO4/c1-21-14-5-6-15(21)12-17(11-14)24-20(22)19-10-9-18(25-19)13-3-7-16(23-2)8-4-13/h3-4,7-10,14-15,17H,5-6,11-12H2,1-2H3/t14-,15+,17?. The van der Waals surface area contributed by atoms with E-state index in [1.165, 1.54) is 12.8 Å². The van der Waals surface area contributed by atoms with Crippen LogP contribution in [0.5, 0.6) is 5.75 Å². The summed E-state index contributed by atoms with van der Waals surface area (Å²) in [5.74, 6) is 1.33. The van der Waals surface area contributed by atoms with Gasteiger partial charge in [0.05, 0.1) is 7.11 Å². The van der Waals surface area contributed by atoms with E-state index in [0.717, 1.165) is 24.2 Å². The van der Waals surface area contributed by atoms with Crippen molar-refractivity contribution >= 4 is 5.97 Å². The molecule has 0 saturated carbocycles. The molecule has 2 aliphatic heterocycles. The number of piperidine rings is 1. The highest BCUT2D eigenvalue weighted by atomic mass is 16.6. The Hall–Kier alpha value is -2.27. The van der Waals surface area contributed by atoms with Gasteiger partial charge in [-0.3, -0.25) is 0 Å². The summed E-state index contributed by atoms with van der Waals surface area (Å²) in [4.78, 5) is 14.9. The van der Waals surface area contributed by atoms with E-state index in [0.29, 0.717) is 17.8 Å². The number of furan rings is 1. The first-order chi connectivity index (χ1) is 12.1. The zero-order valence-corrected chi connectivity index (χ0v) is 14.6. The average molecular weight is 341 g/mol. The van der Waals surface area contributed by atoms with E-state index in [4.69, 9.17) is 13.9 Å². The Morgan fingerprint density at radius 3 is 2.40 bits per heavy atom. The number of methoxy groups -OCH3 is 1. The van der Waals surface area contributed by atoms with Crippen LogP contribution in [-0.4, -0.2) is 43.2 Å². The van der Waals surface area contributed by atoms with Crippen molar-refractivity contribution in [3.8, 4) is 17.1 Å². The largest absolute Gasteiger partial charge is 0.497 e. The molecule has 0 amide bonds. The summed E-state index contributed by atoms with van der Waals surface area (Å²) in [7, 11) is 3.80. The minimum absolute atomic E-state index is 0.00395. The quantitative estimate of drug-likeness (QED) is 0.793. The van der Waals surface area contributed by atoms with Gasteiger partial charge in [0, 0.05) is 30.5 Å². The first-order valence-electron chi connectivity index (χ1n) is 8.81. The van der Waals surface area contributed by atoms with Crippen LogP contribution in [0.4, 0.5) is 0 Å². The number of hydrogen-bond acceptors (Lipinski definition) is 5. The minimum Gasteiger partial charge on any atom is -0.497 e. The van der Waals surface area contributed by atoms with Crippen LogP contribution in [0.25, 0.3) is 11.3 Å². The monoisotopic (exact) mass is 341 g/mol. The van der Waals surface area contributed by atoms with Gasteiger partial charge in [0.2, 0.25) is 5.76 Å². The summed E-state index contributed by atoms with van der Waals surface area (Å²) in [6, 6.07) is 12.1. The van der Waals surface area contributed by atoms with E-state index in [1.807, 2.05) is 24.3 Å². The number of ether oxygens (including phenoxy) is 2. The summed E-state index contributed by atoms with van der Waals surface area (Å²) in [5, 5.41) is 0. The molecular formula is C20H23NO4. The van der Waals surface area contributed by atoms with Gasteiger partial charge in [-0.15, -0.1) is 0 Å². The normalized spacial score (nSPS) is 25.8. The fourth-order valence-electron chi connectivity index (χ4n) is 4.03. The highest BCUT2D eigenvalue weighted by molar-refractivity contribution is 5.87. The smallest absolute Gasteiger partial charge is 0.374 e. The van der Waals surface area contributed by atoms with E-state index in [9.17, 15) is 4.79 Å². The van der Waals surface area contributed by atoms with Crippen molar-refractivity contribution in [3.63, 3.8) is 0 Å². The molecule has 2 bridgehead atoms. The molecule has 2 aromatic rings. The number of carbonyl (C=O) groups is 1. The molecule has 132 valence electrons. The predicted octanol–water partition coefficient (Wildman–Crippen LogP) is 3.74. The topological polar surface area (TPSA) is 51.9 Å². The van der Waals surface area contributed by atoms with Crippen molar-refractivity contribution in [2.45, 2.75) is 43.9 Å². The Labute approximate surface area is 147 Å². The second-order valence-corrected chi connectivity index (χ2v) is 6.94. The number of nitrogens with zero attached hydrogens (tertiary/aromatic N) is 1. The molecule has 25 heavy (non-hydrogen) atoms. The van der Waals surface area contributed by atoms with Crippen molar-refractivity contribution in [2.24, 2.45) is 0 Å². The van der Waals surface area contributed by atoms with Crippen LogP contribution in [0.1, 0.15) is 36.2 Å². The van der Waals surface area contributed by atoms with E-state index in [2.05, 4.69) is 11.9 Å². The Kier molecular flexibility index (Phi) is 4.25. The van der Waals surface area contributed by atoms with Gasteiger partial charge in [-0.25, -0.2) is 4.79 Å². The summed E-state index contributed by atoms with van der Waals surface area (Å²) in [5.41, 5.74) is 0.900. The zero-order valence-electron chi connectivity index (χ0n) is 14.6. The van der Waals surface area contributed by atoms with E-state index in [1.54, 1.807) is 19.2 Å². The highest BCUT2D eigenvalue weighted by Crippen LogP contribution is 2.36. The summed E-state index contributed by atoms with van der Waals surface area (Å²) >= 11 is 0. The Morgan fingerprint density at radius 1 is 1.08 bits per heavy atom. The van der Waals surface area contributed by atoms with E-state index < -0.39 is 0 Å². The van der Waals surface area contributed by atoms with Gasteiger partial charge >= 0.3 is 5.97 Å². The van der Waals surface area contributed by atoms with Gasteiger partial charge in [0.1, 0.15) is 17.6 Å². The summed E-state index contributed by atoms with van der Waals surface area (Å²) < 4.78 is 16.6. The highest BCUT2D eigenvalue weighted by Gasteiger charge is 2.40. The lowest BCUT2D eigenvalue weighted by Gasteiger charge is -2.35. The van der Waals surface area contributed by atoms with Crippen molar-refractivity contribution in [3.05, 3.63) is 42.2 Å².